The zero-order chi connectivity index (χ0) is 18.9. The third-order valence-electron chi connectivity index (χ3n) is 4.22. The highest BCUT2D eigenvalue weighted by atomic mass is 16.4. The topological polar surface area (TPSA) is 49.3 Å². The molecule has 0 radical (unpaired) electrons. The van der Waals surface area contributed by atoms with Crippen molar-refractivity contribution in [2.24, 2.45) is 0 Å². The van der Waals surface area contributed by atoms with Crippen LogP contribution in [0, 0.1) is 11.8 Å². The van der Waals surface area contributed by atoms with Crippen molar-refractivity contribution in [3.8, 4) is 11.8 Å². The molecule has 0 aromatic heterocycles. The summed E-state index contributed by atoms with van der Waals surface area (Å²) in [6, 6.07) is 7.53. The van der Waals surface area contributed by atoms with E-state index >= 15 is 0 Å². The minimum absolute atomic E-state index is 0.714. The number of hydrogen-bond donors (Lipinski definition) is 2. The van der Waals surface area contributed by atoms with Crippen LogP contribution in [-0.4, -0.2) is 17.6 Å². The summed E-state index contributed by atoms with van der Waals surface area (Å²) in [7, 11) is 0. The number of carbonyl (C=O) groups is 1. The van der Waals surface area contributed by atoms with Gasteiger partial charge in [-0.2, -0.15) is 0 Å². The van der Waals surface area contributed by atoms with Crippen molar-refractivity contribution in [1.29, 1.82) is 0 Å². The van der Waals surface area contributed by atoms with Crippen LogP contribution >= 0.6 is 0 Å². The minimum atomic E-state index is -1.10. The number of carboxylic acids is 1. The van der Waals surface area contributed by atoms with Gasteiger partial charge in [0, 0.05) is 23.7 Å². The Hall–Kier alpha value is -2.21. The quantitative estimate of drug-likeness (QED) is 0.259. The van der Waals surface area contributed by atoms with Crippen LogP contribution in [-0.2, 0) is 4.79 Å². The Morgan fingerprint density at radius 3 is 2.23 bits per heavy atom. The van der Waals surface area contributed by atoms with Gasteiger partial charge in [0.05, 0.1) is 0 Å². The third-order valence-corrected chi connectivity index (χ3v) is 4.22. The minimum Gasteiger partial charge on any atom is -0.472 e. The SMILES string of the molecule is CCCCCCCCC/C=C/CCCNc1ccc(C#CC(=O)O)cc1. The van der Waals surface area contributed by atoms with E-state index in [9.17, 15) is 4.79 Å². The van der Waals surface area contributed by atoms with Crippen LogP contribution in [0.15, 0.2) is 36.4 Å². The fourth-order valence-electron chi connectivity index (χ4n) is 2.70. The van der Waals surface area contributed by atoms with Crippen molar-refractivity contribution in [3.63, 3.8) is 0 Å². The lowest BCUT2D eigenvalue weighted by Crippen LogP contribution is -2.00. The van der Waals surface area contributed by atoms with Crippen molar-refractivity contribution in [1.82, 2.24) is 0 Å². The van der Waals surface area contributed by atoms with Crippen molar-refractivity contribution >= 4 is 11.7 Å². The lowest BCUT2D eigenvalue weighted by Gasteiger charge is -2.05. The number of unbranched alkanes of at least 4 members (excludes halogenated alkanes) is 8. The average Bonchev–Trinajstić information content (AvgIpc) is 2.64. The Morgan fingerprint density at radius 2 is 1.58 bits per heavy atom. The fraction of sp³-hybridized carbons (Fsp3) is 0.522. The average molecular weight is 356 g/mol. The molecule has 0 fully saturated rings. The van der Waals surface area contributed by atoms with E-state index in [4.69, 9.17) is 5.11 Å². The molecule has 2 N–H and O–H groups in total. The molecule has 0 atom stereocenters. The highest BCUT2D eigenvalue weighted by Gasteiger charge is 1.93. The van der Waals surface area contributed by atoms with Crippen molar-refractivity contribution < 1.29 is 9.90 Å². The van der Waals surface area contributed by atoms with Gasteiger partial charge >= 0.3 is 5.97 Å². The molecule has 1 rings (SSSR count). The van der Waals surface area contributed by atoms with E-state index in [1.54, 1.807) is 0 Å². The van der Waals surface area contributed by atoms with E-state index in [0.717, 1.165) is 25.1 Å². The molecule has 26 heavy (non-hydrogen) atoms. The Balaban J connectivity index is 2.01. The number of hydrogen-bond acceptors (Lipinski definition) is 2. The van der Waals surface area contributed by atoms with E-state index in [2.05, 4.69) is 36.2 Å². The molecule has 0 amide bonds. The van der Waals surface area contributed by atoms with Gasteiger partial charge in [-0.3, -0.25) is 0 Å². The fourth-order valence-corrected chi connectivity index (χ4v) is 2.70. The summed E-state index contributed by atoms with van der Waals surface area (Å²) in [5.74, 6) is 3.61. The first kappa shape index (κ1) is 21.8. The summed E-state index contributed by atoms with van der Waals surface area (Å²) in [6.45, 7) is 3.19. The van der Waals surface area contributed by atoms with Gasteiger partial charge in [0.25, 0.3) is 0 Å². The molecular weight excluding hydrogens is 322 g/mol. The predicted molar refractivity (Wildman–Crippen MR) is 110 cm³/mol. The maximum Gasteiger partial charge on any atom is 0.382 e. The number of nitrogens with one attached hydrogen (secondary N) is 1. The maximum atomic E-state index is 10.4. The Morgan fingerprint density at radius 1 is 0.962 bits per heavy atom. The number of carboxylic acid groups (broad SMARTS) is 1. The summed E-state index contributed by atoms with van der Waals surface area (Å²) in [5.41, 5.74) is 1.75. The number of allylic oxidation sites excluding steroid dienone is 2. The first-order valence-corrected chi connectivity index (χ1v) is 9.96. The van der Waals surface area contributed by atoms with E-state index in [1.807, 2.05) is 24.3 Å². The van der Waals surface area contributed by atoms with Gasteiger partial charge in [-0.05, 0) is 49.9 Å². The van der Waals surface area contributed by atoms with Crippen LogP contribution in [0.2, 0.25) is 0 Å². The van der Waals surface area contributed by atoms with Gasteiger partial charge in [0.15, 0.2) is 0 Å². The molecule has 142 valence electrons. The molecule has 3 nitrogen and oxygen atoms in total. The molecule has 0 saturated heterocycles. The Kier molecular flexibility index (Phi) is 12.7. The van der Waals surface area contributed by atoms with Crippen LogP contribution in [0.4, 0.5) is 5.69 Å². The summed E-state index contributed by atoms with van der Waals surface area (Å²) in [6.07, 6.45) is 17.6. The molecule has 0 aliphatic carbocycles. The smallest absolute Gasteiger partial charge is 0.382 e. The van der Waals surface area contributed by atoms with E-state index < -0.39 is 5.97 Å². The molecule has 0 aliphatic rings. The third kappa shape index (κ3) is 12.2. The molecule has 0 saturated carbocycles. The summed E-state index contributed by atoms with van der Waals surface area (Å²) in [4.78, 5) is 10.4. The molecule has 1 aromatic rings. The first-order chi connectivity index (χ1) is 12.7. The number of anilines is 1. The van der Waals surface area contributed by atoms with E-state index in [1.165, 1.54) is 51.4 Å². The van der Waals surface area contributed by atoms with Crippen molar-refractivity contribution in [2.45, 2.75) is 71.1 Å². The number of benzene rings is 1. The van der Waals surface area contributed by atoms with Crippen LogP contribution in [0.3, 0.4) is 0 Å². The standard InChI is InChI=1S/C23H33NO2/c1-2-3-4-5-6-7-8-9-10-11-12-13-20-24-22-17-14-21(15-18-22)16-19-23(25)26/h10-11,14-15,17-18,24H,2-9,12-13,20H2,1H3,(H,25,26)/b11-10+. The van der Waals surface area contributed by atoms with Crippen LogP contribution < -0.4 is 5.32 Å². The lowest BCUT2D eigenvalue weighted by molar-refractivity contribution is -0.130. The molecule has 0 aliphatic heterocycles. The highest BCUT2D eigenvalue weighted by Crippen LogP contribution is 2.10. The second kappa shape index (κ2) is 15.1. The molecule has 0 heterocycles. The summed E-state index contributed by atoms with van der Waals surface area (Å²) < 4.78 is 0. The maximum absolute atomic E-state index is 10.4. The van der Waals surface area contributed by atoms with Gasteiger partial charge in [-0.25, -0.2) is 4.79 Å². The molecule has 0 spiro atoms. The van der Waals surface area contributed by atoms with Crippen LogP contribution in [0.1, 0.15) is 76.7 Å². The zero-order valence-electron chi connectivity index (χ0n) is 16.1. The van der Waals surface area contributed by atoms with Crippen molar-refractivity contribution in [2.75, 3.05) is 11.9 Å². The van der Waals surface area contributed by atoms with Crippen molar-refractivity contribution in [3.05, 3.63) is 42.0 Å². The predicted octanol–water partition coefficient (Wildman–Crippen LogP) is 6.01. The monoisotopic (exact) mass is 355 g/mol. The van der Waals surface area contributed by atoms with Gasteiger partial charge in [0.1, 0.15) is 0 Å². The Bertz CT molecular complexity index is 578. The van der Waals surface area contributed by atoms with Crippen LogP contribution in [0.25, 0.3) is 0 Å². The molecular formula is C23H33NO2. The van der Waals surface area contributed by atoms with E-state index in [0.29, 0.717) is 5.56 Å². The van der Waals surface area contributed by atoms with Gasteiger partial charge in [-0.15, -0.1) is 0 Å². The van der Waals surface area contributed by atoms with Gasteiger partial charge in [0.2, 0.25) is 0 Å². The Labute approximate surface area is 158 Å². The highest BCUT2D eigenvalue weighted by molar-refractivity contribution is 5.87. The van der Waals surface area contributed by atoms with Gasteiger partial charge < -0.3 is 10.4 Å². The number of aliphatic carboxylic acids is 1. The first-order valence-electron chi connectivity index (χ1n) is 9.96. The summed E-state index contributed by atoms with van der Waals surface area (Å²) >= 11 is 0. The zero-order valence-corrected chi connectivity index (χ0v) is 16.1. The second-order valence-corrected chi connectivity index (χ2v) is 6.58. The molecule has 0 bridgehead atoms. The van der Waals surface area contributed by atoms with E-state index in [-0.39, 0.29) is 0 Å². The lowest BCUT2D eigenvalue weighted by atomic mass is 10.1. The summed E-state index contributed by atoms with van der Waals surface area (Å²) in [5, 5.41) is 11.9. The molecule has 0 unspecified atom stereocenters. The largest absolute Gasteiger partial charge is 0.472 e. The second-order valence-electron chi connectivity index (χ2n) is 6.58. The molecule has 1 aromatic carbocycles. The molecule has 3 heteroatoms. The number of rotatable bonds is 13. The van der Waals surface area contributed by atoms with Crippen LogP contribution in [0.5, 0.6) is 0 Å². The van der Waals surface area contributed by atoms with Gasteiger partial charge in [-0.1, -0.05) is 63.5 Å². The normalized spacial score (nSPS) is 10.5.